The Balaban J connectivity index is 1.96. The van der Waals surface area contributed by atoms with Gasteiger partial charge in [0.1, 0.15) is 18.0 Å². The first-order valence-electron chi connectivity index (χ1n) is 7.63. The van der Waals surface area contributed by atoms with Crippen LogP contribution in [0.1, 0.15) is 17.2 Å². The molecule has 0 bridgehead atoms. The molecule has 3 heteroatoms. The van der Waals surface area contributed by atoms with E-state index in [1.54, 1.807) is 18.2 Å². The maximum Gasteiger partial charge on any atom is 0.116 e. The van der Waals surface area contributed by atoms with Crippen molar-refractivity contribution < 1.29 is 15.3 Å². The van der Waals surface area contributed by atoms with Gasteiger partial charge in [-0.15, -0.1) is 0 Å². The van der Waals surface area contributed by atoms with Crippen LogP contribution in [0.15, 0.2) is 48.5 Å². The van der Waals surface area contributed by atoms with Gasteiger partial charge in [0.25, 0.3) is 0 Å². The molecular formula is C20H14O3. The number of aliphatic hydroxyl groups is 2. The van der Waals surface area contributed by atoms with Gasteiger partial charge in [-0.05, 0) is 62.4 Å². The third-order valence-electron chi connectivity index (χ3n) is 4.92. The summed E-state index contributed by atoms with van der Waals surface area (Å²) in [4.78, 5) is 0. The van der Waals surface area contributed by atoms with Crippen LogP contribution < -0.4 is 0 Å². The SMILES string of the molecule is Oc1ccc2c(c1)-c1cccc3c4c(cc-2c13)[C@@H](O)[C@H](O)C=C4. The van der Waals surface area contributed by atoms with E-state index in [1.807, 2.05) is 30.3 Å². The summed E-state index contributed by atoms with van der Waals surface area (Å²) in [6.07, 6.45) is 1.72. The molecule has 0 radical (unpaired) electrons. The lowest BCUT2D eigenvalue weighted by Crippen LogP contribution is -2.19. The predicted octanol–water partition coefficient (Wildman–Crippen LogP) is 3.61. The fourth-order valence-electron chi connectivity index (χ4n) is 3.87. The van der Waals surface area contributed by atoms with Crippen LogP contribution in [0.25, 0.3) is 39.1 Å². The number of aromatic hydroxyl groups is 1. The minimum atomic E-state index is -0.916. The van der Waals surface area contributed by atoms with Crippen LogP contribution >= 0.6 is 0 Å². The van der Waals surface area contributed by atoms with Crippen molar-refractivity contribution in [3.63, 3.8) is 0 Å². The predicted molar refractivity (Wildman–Crippen MR) is 90.0 cm³/mol. The Hall–Kier alpha value is -2.62. The molecule has 0 spiro atoms. The van der Waals surface area contributed by atoms with Crippen LogP contribution in [0.5, 0.6) is 5.75 Å². The van der Waals surface area contributed by atoms with E-state index in [4.69, 9.17) is 0 Å². The first-order valence-corrected chi connectivity index (χ1v) is 7.63. The van der Waals surface area contributed by atoms with Gasteiger partial charge in [0.15, 0.2) is 0 Å². The summed E-state index contributed by atoms with van der Waals surface area (Å²) >= 11 is 0. The van der Waals surface area contributed by atoms with Crippen molar-refractivity contribution in [1.82, 2.24) is 0 Å². The van der Waals surface area contributed by atoms with E-state index in [1.165, 1.54) is 0 Å². The lowest BCUT2D eigenvalue weighted by Gasteiger charge is -2.24. The van der Waals surface area contributed by atoms with Crippen molar-refractivity contribution in [2.75, 3.05) is 0 Å². The van der Waals surface area contributed by atoms with E-state index in [-0.39, 0.29) is 5.75 Å². The minimum absolute atomic E-state index is 0.244. The molecular weight excluding hydrogens is 288 g/mol. The van der Waals surface area contributed by atoms with Gasteiger partial charge in [0.05, 0.1) is 0 Å². The number of benzene rings is 3. The Bertz CT molecular complexity index is 1020. The van der Waals surface area contributed by atoms with Crippen molar-refractivity contribution in [1.29, 1.82) is 0 Å². The van der Waals surface area contributed by atoms with Crippen LogP contribution in [0.2, 0.25) is 0 Å². The molecule has 3 aromatic carbocycles. The van der Waals surface area contributed by atoms with Crippen LogP contribution in [0, 0.1) is 0 Å². The van der Waals surface area contributed by atoms with Gasteiger partial charge in [-0.3, -0.25) is 0 Å². The maximum atomic E-state index is 10.4. The Morgan fingerprint density at radius 2 is 1.70 bits per heavy atom. The molecule has 0 saturated heterocycles. The molecule has 0 aromatic heterocycles. The first-order chi connectivity index (χ1) is 11.1. The number of phenols is 1. The van der Waals surface area contributed by atoms with Crippen molar-refractivity contribution in [3.05, 3.63) is 59.7 Å². The first kappa shape index (κ1) is 12.9. The molecule has 3 aromatic rings. The molecule has 0 saturated carbocycles. The van der Waals surface area contributed by atoms with E-state index in [9.17, 15) is 15.3 Å². The average molecular weight is 302 g/mol. The minimum Gasteiger partial charge on any atom is -0.508 e. The van der Waals surface area contributed by atoms with Gasteiger partial charge in [0, 0.05) is 0 Å². The Kier molecular flexibility index (Phi) is 2.36. The van der Waals surface area contributed by atoms with Crippen molar-refractivity contribution in [2.45, 2.75) is 12.2 Å². The number of aliphatic hydroxyl groups excluding tert-OH is 2. The third-order valence-corrected chi connectivity index (χ3v) is 4.92. The molecule has 2 aliphatic rings. The van der Waals surface area contributed by atoms with E-state index >= 15 is 0 Å². The number of phenolic OH excluding ortho intramolecular Hbond substituents is 1. The van der Waals surface area contributed by atoms with E-state index < -0.39 is 12.2 Å². The quantitative estimate of drug-likeness (QED) is 0.465. The fraction of sp³-hybridized carbons (Fsp3) is 0.100. The van der Waals surface area contributed by atoms with Gasteiger partial charge in [0.2, 0.25) is 0 Å². The summed E-state index contributed by atoms with van der Waals surface area (Å²) < 4.78 is 0. The van der Waals surface area contributed by atoms with E-state index in [0.717, 1.165) is 44.2 Å². The molecule has 0 heterocycles. The van der Waals surface area contributed by atoms with Crippen molar-refractivity contribution in [2.24, 2.45) is 0 Å². The molecule has 2 atom stereocenters. The zero-order chi connectivity index (χ0) is 15.7. The van der Waals surface area contributed by atoms with E-state index in [0.29, 0.717) is 0 Å². The second-order valence-corrected chi connectivity index (χ2v) is 6.18. The Labute approximate surface area is 132 Å². The summed E-state index contributed by atoms with van der Waals surface area (Å²) in [5, 5.41) is 32.3. The van der Waals surface area contributed by atoms with Crippen LogP contribution in [0.4, 0.5) is 0 Å². The second-order valence-electron chi connectivity index (χ2n) is 6.18. The lowest BCUT2D eigenvalue weighted by atomic mass is 9.86. The fourth-order valence-corrected chi connectivity index (χ4v) is 3.87. The molecule has 0 unspecified atom stereocenters. The standard InChI is InChI=1S/C20H14O3/c21-10-4-5-12-15(8-10)14-3-1-2-13-11-6-7-18(22)20(23)17(11)9-16(12)19(13)14/h1-9,18,20-23H/t18-,20-/m1/s1. The highest BCUT2D eigenvalue weighted by atomic mass is 16.3. The van der Waals surface area contributed by atoms with Gasteiger partial charge < -0.3 is 15.3 Å². The summed E-state index contributed by atoms with van der Waals surface area (Å²) in [7, 11) is 0. The number of hydrogen-bond donors (Lipinski definition) is 3. The molecule has 5 rings (SSSR count). The smallest absolute Gasteiger partial charge is 0.116 e. The number of rotatable bonds is 0. The third kappa shape index (κ3) is 1.55. The summed E-state index contributed by atoms with van der Waals surface area (Å²) in [6, 6.07) is 13.4. The van der Waals surface area contributed by atoms with Crippen molar-refractivity contribution in [3.8, 4) is 28.0 Å². The topological polar surface area (TPSA) is 60.7 Å². The highest BCUT2D eigenvalue weighted by molar-refractivity contribution is 6.17. The average Bonchev–Trinajstić information content (AvgIpc) is 2.87. The highest BCUT2D eigenvalue weighted by Crippen LogP contribution is 2.51. The summed E-state index contributed by atoms with van der Waals surface area (Å²) in [5.74, 6) is 0.244. The van der Waals surface area contributed by atoms with Crippen LogP contribution in [0.3, 0.4) is 0 Å². The van der Waals surface area contributed by atoms with Gasteiger partial charge in [-0.2, -0.15) is 0 Å². The largest absolute Gasteiger partial charge is 0.508 e. The van der Waals surface area contributed by atoms with E-state index in [2.05, 4.69) is 6.07 Å². The van der Waals surface area contributed by atoms with Gasteiger partial charge in [-0.25, -0.2) is 0 Å². The molecule has 3 nitrogen and oxygen atoms in total. The van der Waals surface area contributed by atoms with Gasteiger partial charge in [-0.1, -0.05) is 36.4 Å². The molecule has 3 N–H and O–H groups in total. The molecule has 0 amide bonds. The zero-order valence-corrected chi connectivity index (χ0v) is 12.2. The van der Waals surface area contributed by atoms with Gasteiger partial charge >= 0.3 is 0 Å². The maximum absolute atomic E-state index is 10.4. The number of hydrogen-bond acceptors (Lipinski definition) is 3. The molecule has 2 aliphatic carbocycles. The normalized spacial score (nSPS) is 20.6. The number of fused-ring (bicyclic) bond motifs is 5. The Morgan fingerprint density at radius 1 is 0.826 bits per heavy atom. The Morgan fingerprint density at radius 3 is 2.57 bits per heavy atom. The second kappa shape index (κ2) is 4.22. The molecule has 112 valence electrons. The lowest BCUT2D eigenvalue weighted by molar-refractivity contribution is 0.0471. The molecule has 0 aliphatic heterocycles. The molecule has 23 heavy (non-hydrogen) atoms. The highest BCUT2D eigenvalue weighted by Gasteiger charge is 2.29. The monoisotopic (exact) mass is 302 g/mol. The summed E-state index contributed by atoms with van der Waals surface area (Å²) in [5.41, 5.74) is 5.91. The summed E-state index contributed by atoms with van der Waals surface area (Å²) in [6.45, 7) is 0. The van der Waals surface area contributed by atoms with Crippen LogP contribution in [-0.4, -0.2) is 21.4 Å². The zero-order valence-electron chi connectivity index (χ0n) is 12.2. The van der Waals surface area contributed by atoms with Crippen LogP contribution in [-0.2, 0) is 0 Å². The molecule has 0 fully saturated rings. The van der Waals surface area contributed by atoms with Crippen molar-refractivity contribution >= 4 is 16.8 Å².